The highest BCUT2D eigenvalue weighted by Crippen LogP contribution is 2.22. The molecule has 2 rings (SSSR count). The number of nitrogens with one attached hydrogen (secondary N) is 2. The minimum absolute atomic E-state index is 0.137. The lowest BCUT2D eigenvalue weighted by Crippen LogP contribution is -2.34. The van der Waals surface area contributed by atoms with Crippen molar-refractivity contribution >= 4 is 27.4 Å². The molecule has 0 bridgehead atoms. The topological polar surface area (TPSA) is 78.5 Å². The second kappa shape index (κ2) is 8.23. The van der Waals surface area contributed by atoms with Gasteiger partial charge in [-0.15, -0.1) is 0 Å². The minimum Gasteiger partial charge on any atom is -0.325 e. The Balaban J connectivity index is 2.14. The van der Waals surface area contributed by atoms with Crippen LogP contribution in [-0.4, -0.2) is 32.4 Å². The summed E-state index contributed by atoms with van der Waals surface area (Å²) in [5.41, 5.74) is 3.03. The summed E-state index contributed by atoms with van der Waals surface area (Å²) in [6.07, 6.45) is 0. The first-order valence-electron chi connectivity index (χ1n) is 8.53. The predicted molar refractivity (Wildman–Crippen MR) is 105 cm³/mol. The Morgan fingerprint density at radius 1 is 1.00 bits per heavy atom. The third kappa shape index (κ3) is 4.76. The molecule has 0 aliphatic rings. The first-order valence-corrected chi connectivity index (χ1v) is 10.0. The molecule has 2 aromatic rings. The number of urea groups is 1. The molecule has 6 nitrogen and oxygen atoms in total. The normalized spacial score (nSPS) is 11.1. The Bertz CT molecular complexity index is 873. The van der Waals surface area contributed by atoms with E-state index < -0.39 is 10.0 Å². The lowest BCUT2D eigenvalue weighted by atomic mass is 10.1. The highest BCUT2D eigenvalue weighted by molar-refractivity contribution is 7.92. The molecule has 0 heterocycles. The average molecular weight is 375 g/mol. The molecule has 0 spiro atoms. The maximum absolute atomic E-state index is 12.6. The maximum atomic E-state index is 12.6. The molecule has 0 aromatic heterocycles. The summed E-state index contributed by atoms with van der Waals surface area (Å²) in [5, 5.41) is 2.76. The molecule has 26 heavy (non-hydrogen) atoms. The quantitative estimate of drug-likeness (QED) is 0.802. The Hall–Kier alpha value is -2.54. The van der Waals surface area contributed by atoms with Gasteiger partial charge in [0, 0.05) is 18.8 Å². The van der Waals surface area contributed by atoms with E-state index in [-0.39, 0.29) is 10.9 Å². The molecule has 0 fully saturated rings. The highest BCUT2D eigenvalue weighted by atomic mass is 32.2. The molecular weight excluding hydrogens is 350 g/mol. The fourth-order valence-electron chi connectivity index (χ4n) is 2.56. The molecule has 2 amide bonds. The SMILES string of the molecule is CCN(CC)C(=O)Nc1ccc(S(=O)(=O)Nc2ccc(C)cc2C)cc1. The summed E-state index contributed by atoms with van der Waals surface area (Å²) in [7, 11) is -3.69. The van der Waals surface area contributed by atoms with Crippen molar-refractivity contribution in [3.8, 4) is 0 Å². The summed E-state index contributed by atoms with van der Waals surface area (Å²) in [5.74, 6) is 0. The molecule has 0 saturated heterocycles. The number of sulfonamides is 1. The molecule has 0 aliphatic heterocycles. The molecule has 0 unspecified atom stereocenters. The first kappa shape index (κ1) is 19.8. The number of hydrogen-bond acceptors (Lipinski definition) is 3. The Labute approximate surface area is 155 Å². The van der Waals surface area contributed by atoms with Crippen LogP contribution < -0.4 is 10.0 Å². The largest absolute Gasteiger partial charge is 0.325 e. The Morgan fingerprint density at radius 2 is 1.62 bits per heavy atom. The van der Waals surface area contributed by atoms with Gasteiger partial charge in [-0.1, -0.05) is 17.7 Å². The maximum Gasteiger partial charge on any atom is 0.321 e. The Kier molecular flexibility index (Phi) is 6.26. The second-order valence-electron chi connectivity index (χ2n) is 6.05. The van der Waals surface area contributed by atoms with Gasteiger partial charge in [0.05, 0.1) is 10.6 Å². The van der Waals surface area contributed by atoms with Crippen molar-refractivity contribution in [2.24, 2.45) is 0 Å². The molecule has 2 N–H and O–H groups in total. The lowest BCUT2D eigenvalue weighted by Gasteiger charge is -2.19. The van der Waals surface area contributed by atoms with Crippen molar-refractivity contribution in [3.05, 3.63) is 53.6 Å². The molecule has 0 aliphatic carbocycles. The van der Waals surface area contributed by atoms with E-state index >= 15 is 0 Å². The van der Waals surface area contributed by atoms with Crippen LogP contribution in [-0.2, 0) is 10.0 Å². The third-order valence-electron chi connectivity index (χ3n) is 4.09. The van der Waals surface area contributed by atoms with Crippen LogP contribution in [0.1, 0.15) is 25.0 Å². The number of nitrogens with zero attached hydrogens (tertiary/aromatic N) is 1. The van der Waals surface area contributed by atoms with Crippen molar-refractivity contribution in [3.63, 3.8) is 0 Å². The van der Waals surface area contributed by atoms with Crippen molar-refractivity contribution in [2.45, 2.75) is 32.6 Å². The van der Waals surface area contributed by atoms with Crippen LogP contribution in [0.15, 0.2) is 47.4 Å². The molecule has 140 valence electrons. The molecule has 0 radical (unpaired) electrons. The van der Waals surface area contributed by atoms with Crippen molar-refractivity contribution in [1.29, 1.82) is 0 Å². The van der Waals surface area contributed by atoms with E-state index in [9.17, 15) is 13.2 Å². The van der Waals surface area contributed by atoms with Crippen LogP contribution in [0.25, 0.3) is 0 Å². The number of amides is 2. The van der Waals surface area contributed by atoms with E-state index in [1.807, 2.05) is 39.8 Å². The smallest absolute Gasteiger partial charge is 0.321 e. The monoisotopic (exact) mass is 375 g/mol. The van der Waals surface area contributed by atoms with Gasteiger partial charge in [0.1, 0.15) is 0 Å². The van der Waals surface area contributed by atoms with Crippen LogP contribution in [0, 0.1) is 13.8 Å². The summed E-state index contributed by atoms with van der Waals surface area (Å²) >= 11 is 0. The number of carbonyl (C=O) groups is 1. The van der Waals surface area contributed by atoms with Gasteiger partial charge >= 0.3 is 6.03 Å². The zero-order valence-electron chi connectivity index (χ0n) is 15.5. The van der Waals surface area contributed by atoms with Gasteiger partial charge in [0.25, 0.3) is 10.0 Å². The molecule has 7 heteroatoms. The summed E-state index contributed by atoms with van der Waals surface area (Å²) < 4.78 is 27.7. The van der Waals surface area contributed by atoms with Crippen LogP contribution >= 0.6 is 0 Å². The first-order chi connectivity index (χ1) is 12.3. The van der Waals surface area contributed by atoms with E-state index in [4.69, 9.17) is 0 Å². The highest BCUT2D eigenvalue weighted by Gasteiger charge is 2.16. The fourth-order valence-corrected chi connectivity index (χ4v) is 3.69. The van der Waals surface area contributed by atoms with Crippen LogP contribution in [0.3, 0.4) is 0 Å². The number of benzene rings is 2. The Morgan fingerprint density at radius 3 is 2.15 bits per heavy atom. The summed E-state index contributed by atoms with van der Waals surface area (Å²) in [6.45, 7) is 8.82. The zero-order valence-corrected chi connectivity index (χ0v) is 16.4. The standard InChI is InChI=1S/C19H25N3O3S/c1-5-22(6-2)19(23)20-16-8-10-17(11-9-16)26(24,25)21-18-12-7-14(3)13-15(18)4/h7-13,21H,5-6H2,1-4H3,(H,20,23). The molecular formula is C19H25N3O3S. The van der Waals surface area contributed by atoms with Crippen LogP contribution in [0.4, 0.5) is 16.2 Å². The number of carbonyl (C=O) groups excluding carboxylic acids is 1. The van der Waals surface area contributed by atoms with Gasteiger partial charge in [-0.2, -0.15) is 0 Å². The van der Waals surface area contributed by atoms with E-state index in [0.717, 1.165) is 11.1 Å². The van der Waals surface area contributed by atoms with E-state index in [0.29, 0.717) is 24.5 Å². The van der Waals surface area contributed by atoms with Crippen molar-refractivity contribution in [1.82, 2.24) is 4.90 Å². The fraction of sp³-hybridized carbons (Fsp3) is 0.316. The zero-order chi connectivity index (χ0) is 19.3. The summed E-state index contributed by atoms with van der Waals surface area (Å²) in [6, 6.07) is 11.4. The number of aryl methyl sites for hydroxylation is 2. The number of hydrogen-bond donors (Lipinski definition) is 2. The van der Waals surface area contributed by atoms with Gasteiger partial charge < -0.3 is 10.2 Å². The van der Waals surface area contributed by atoms with Gasteiger partial charge in [-0.3, -0.25) is 4.72 Å². The molecule has 0 saturated carbocycles. The van der Waals surface area contributed by atoms with Crippen molar-refractivity contribution in [2.75, 3.05) is 23.1 Å². The van der Waals surface area contributed by atoms with E-state index in [2.05, 4.69) is 10.0 Å². The lowest BCUT2D eigenvalue weighted by molar-refractivity contribution is 0.217. The molecule has 2 aromatic carbocycles. The second-order valence-corrected chi connectivity index (χ2v) is 7.73. The van der Waals surface area contributed by atoms with Crippen LogP contribution in [0.5, 0.6) is 0 Å². The van der Waals surface area contributed by atoms with Crippen molar-refractivity contribution < 1.29 is 13.2 Å². The predicted octanol–water partition coefficient (Wildman–Crippen LogP) is 3.98. The van der Waals surface area contributed by atoms with E-state index in [1.54, 1.807) is 23.1 Å². The summed E-state index contributed by atoms with van der Waals surface area (Å²) in [4.78, 5) is 13.8. The van der Waals surface area contributed by atoms with Crippen LogP contribution in [0.2, 0.25) is 0 Å². The average Bonchev–Trinajstić information content (AvgIpc) is 2.59. The van der Waals surface area contributed by atoms with Gasteiger partial charge in [0.15, 0.2) is 0 Å². The van der Waals surface area contributed by atoms with Gasteiger partial charge in [-0.25, -0.2) is 13.2 Å². The third-order valence-corrected chi connectivity index (χ3v) is 5.47. The number of rotatable bonds is 6. The minimum atomic E-state index is -3.69. The molecule has 0 atom stereocenters. The number of anilines is 2. The van der Waals surface area contributed by atoms with E-state index in [1.165, 1.54) is 12.1 Å². The van der Waals surface area contributed by atoms with Gasteiger partial charge in [-0.05, 0) is 63.6 Å². The van der Waals surface area contributed by atoms with Gasteiger partial charge in [0.2, 0.25) is 0 Å².